The quantitative estimate of drug-likeness (QED) is 0.177. The number of nitrogens with zero attached hydrogens (tertiary/aromatic N) is 2. The van der Waals surface area contributed by atoms with Crippen LogP contribution in [0.1, 0.15) is 32.9 Å². The SMILES string of the molecule is O=C1c2cc(-c3c4ccccc4c(-c4ccccc4)c4ccccc34)ccc2C2(c3ccccc3-c3ccccc32)c2nc3ccccc3n21. The third-order valence-corrected chi connectivity index (χ3v) is 11.0. The van der Waals surface area contributed by atoms with E-state index in [2.05, 4.69) is 146 Å². The molecule has 1 aromatic heterocycles. The fourth-order valence-electron chi connectivity index (χ4n) is 9.05. The number of aromatic nitrogens is 2. The molecule has 8 aromatic carbocycles. The lowest BCUT2D eigenvalue weighted by Crippen LogP contribution is -2.40. The van der Waals surface area contributed by atoms with Gasteiger partial charge in [-0.2, -0.15) is 0 Å². The average Bonchev–Trinajstić information content (AvgIpc) is 3.71. The van der Waals surface area contributed by atoms with Crippen molar-refractivity contribution in [2.75, 3.05) is 0 Å². The minimum atomic E-state index is -0.755. The van der Waals surface area contributed by atoms with Crippen LogP contribution in [-0.4, -0.2) is 15.5 Å². The summed E-state index contributed by atoms with van der Waals surface area (Å²) in [5.74, 6) is 0.706. The van der Waals surface area contributed by atoms with Gasteiger partial charge in [-0.3, -0.25) is 9.36 Å². The van der Waals surface area contributed by atoms with Crippen LogP contribution in [0.3, 0.4) is 0 Å². The molecule has 9 aromatic rings. The van der Waals surface area contributed by atoms with Gasteiger partial charge in [-0.15, -0.1) is 0 Å². The molecule has 2 aliphatic rings. The van der Waals surface area contributed by atoms with Crippen LogP contribution in [0.5, 0.6) is 0 Å². The van der Waals surface area contributed by atoms with Crippen LogP contribution in [0.15, 0.2) is 170 Å². The molecule has 1 aliphatic carbocycles. The monoisotopic (exact) mass is 636 g/mol. The number of fused-ring (bicyclic) bond motifs is 13. The van der Waals surface area contributed by atoms with E-state index in [0.29, 0.717) is 5.56 Å². The van der Waals surface area contributed by atoms with Gasteiger partial charge in [0.2, 0.25) is 0 Å². The van der Waals surface area contributed by atoms with Crippen LogP contribution >= 0.6 is 0 Å². The van der Waals surface area contributed by atoms with Crippen LogP contribution in [0.2, 0.25) is 0 Å². The summed E-state index contributed by atoms with van der Waals surface area (Å²) in [6.07, 6.45) is 0. The maximum absolute atomic E-state index is 15.0. The Morgan fingerprint density at radius 1 is 0.440 bits per heavy atom. The third-order valence-electron chi connectivity index (χ3n) is 11.0. The van der Waals surface area contributed by atoms with E-state index in [1.165, 1.54) is 33.0 Å². The number of benzene rings is 8. The molecule has 0 radical (unpaired) electrons. The predicted octanol–water partition coefficient (Wildman–Crippen LogP) is 11.0. The van der Waals surface area contributed by atoms with Gasteiger partial charge in [0.25, 0.3) is 5.91 Å². The number of rotatable bonds is 2. The van der Waals surface area contributed by atoms with Gasteiger partial charge in [0.1, 0.15) is 11.2 Å². The summed E-state index contributed by atoms with van der Waals surface area (Å²) >= 11 is 0. The van der Waals surface area contributed by atoms with E-state index in [0.717, 1.165) is 55.4 Å². The highest BCUT2D eigenvalue weighted by Gasteiger charge is 2.54. The van der Waals surface area contributed by atoms with Crippen molar-refractivity contribution in [3.8, 4) is 33.4 Å². The highest BCUT2D eigenvalue weighted by molar-refractivity contribution is 6.22. The normalized spacial score (nSPS) is 13.8. The van der Waals surface area contributed by atoms with Crippen molar-refractivity contribution in [2.45, 2.75) is 5.41 Å². The molecule has 0 N–H and O–H groups in total. The lowest BCUT2D eigenvalue weighted by molar-refractivity contribution is 0.0951. The first-order valence-electron chi connectivity index (χ1n) is 17.1. The fraction of sp³-hybridized carbons (Fsp3) is 0.0213. The van der Waals surface area contributed by atoms with Gasteiger partial charge < -0.3 is 0 Å². The van der Waals surface area contributed by atoms with Gasteiger partial charge in [0.15, 0.2) is 0 Å². The summed E-state index contributed by atoms with van der Waals surface area (Å²) in [5.41, 5.74) is 11.8. The van der Waals surface area contributed by atoms with Crippen molar-refractivity contribution in [1.29, 1.82) is 0 Å². The molecule has 50 heavy (non-hydrogen) atoms. The van der Waals surface area contributed by atoms with Crippen molar-refractivity contribution < 1.29 is 4.79 Å². The second-order valence-electron chi connectivity index (χ2n) is 13.4. The van der Waals surface area contributed by atoms with E-state index in [9.17, 15) is 0 Å². The van der Waals surface area contributed by atoms with Crippen molar-refractivity contribution in [3.63, 3.8) is 0 Å². The number of carbonyl (C=O) groups is 1. The lowest BCUT2D eigenvalue weighted by atomic mass is 9.68. The summed E-state index contributed by atoms with van der Waals surface area (Å²) in [7, 11) is 0. The van der Waals surface area contributed by atoms with Gasteiger partial charge >= 0.3 is 0 Å². The first-order chi connectivity index (χ1) is 24.7. The first-order valence-corrected chi connectivity index (χ1v) is 17.1. The molecule has 0 atom stereocenters. The first kappa shape index (κ1) is 27.4. The van der Waals surface area contributed by atoms with Crippen LogP contribution < -0.4 is 0 Å². The third kappa shape index (κ3) is 3.38. The zero-order valence-corrected chi connectivity index (χ0v) is 27.0. The zero-order valence-electron chi connectivity index (χ0n) is 27.0. The molecule has 11 rings (SSSR count). The van der Waals surface area contributed by atoms with Crippen molar-refractivity contribution >= 4 is 38.5 Å². The van der Waals surface area contributed by atoms with Crippen LogP contribution in [0, 0.1) is 0 Å². The molecule has 3 heteroatoms. The summed E-state index contributed by atoms with van der Waals surface area (Å²) in [6, 6.07) is 59.9. The highest BCUT2D eigenvalue weighted by Crippen LogP contribution is 2.58. The van der Waals surface area contributed by atoms with Gasteiger partial charge in [-0.1, -0.05) is 152 Å². The number of hydrogen-bond acceptors (Lipinski definition) is 2. The molecule has 232 valence electrons. The average molecular weight is 637 g/mol. The highest BCUT2D eigenvalue weighted by atomic mass is 16.2. The molecule has 0 fully saturated rings. The minimum Gasteiger partial charge on any atom is -0.268 e. The Hall–Kier alpha value is -6.58. The molecule has 1 aliphatic heterocycles. The maximum atomic E-state index is 15.0. The molecule has 3 nitrogen and oxygen atoms in total. The standard InChI is InChI=1S/C47H28N2O/c50-45-37-28-30(44-35-20-6-4-18-33(35)43(29-14-2-1-3-15-29)34-19-5-7-21-36(34)44)26-27-40(37)47(46-48-41-24-12-13-25-42(41)49(45)46)38-22-10-8-16-31(38)32-17-9-11-23-39(32)47/h1-28H. The van der Waals surface area contributed by atoms with E-state index in [1.807, 2.05) is 28.8 Å². The summed E-state index contributed by atoms with van der Waals surface area (Å²) in [6.45, 7) is 0. The smallest absolute Gasteiger partial charge is 0.264 e. The Kier molecular flexibility index (Phi) is 5.46. The molecule has 2 heterocycles. The van der Waals surface area contributed by atoms with Crippen molar-refractivity contribution in [3.05, 3.63) is 198 Å². The fourth-order valence-corrected chi connectivity index (χ4v) is 9.05. The van der Waals surface area contributed by atoms with Crippen LogP contribution in [0.25, 0.3) is 66.0 Å². The molecule has 0 saturated heterocycles. The Bertz CT molecular complexity index is 2800. The molecule has 0 saturated carbocycles. The Morgan fingerprint density at radius 2 is 0.940 bits per heavy atom. The maximum Gasteiger partial charge on any atom is 0.264 e. The largest absolute Gasteiger partial charge is 0.268 e. The summed E-state index contributed by atoms with van der Waals surface area (Å²) in [4.78, 5) is 20.3. The minimum absolute atomic E-state index is 0.0486. The zero-order chi connectivity index (χ0) is 33.0. The molecule has 0 unspecified atom stereocenters. The van der Waals surface area contributed by atoms with E-state index in [4.69, 9.17) is 4.98 Å². The Labute approximate surface area is 288 Å². The summed E-state index contributed by atoms with van der Waals surface area (Å²) < 4.78 is 1.88. The van der Waals surface area contributed by atoms with E-state index < -0.39 is 5.41 Å². The second-order valence-corrected chi connectivity index (χ2v) is 13.4. The van der Waals surface area contributed by atoms with Gasteiger partial charge in [-0.05, 0) is 89.8 Å². The van der Waals surface area contributed by atoms with Crippen molar-refractivity contribution in [1.82, 2.24) is 9.55 Å². The van der Waals surface area contributed by atoms with Gasteiger partial charge in [0.05, 0.1) is 11.0 Å². The molecular formula is C47H28N2O. The second kappa shape index (κ2) is 9.97. The number of imidazole rings is 1. The van der Waals surface area contributed by atoms with Gasteiger partial charge in [0, 0.05) is 5.56 Å². The van der Waals surface area contributed by atoms with E-state index in [-0.39, 0.29) is 5.91 Å². The summed E-state index contributed by atoms with van der Waals surface area (Å²) in [5, 5.41) is 4.70. The molecule has 1 spiro atoms. The number of para-hydroxylation sites is 2. The van der Waals surface area contributed by atoms with Crippen LogP contribution in [-0.2, 0) is 5.41 Å². The Balaban J connectivity index is 1.26. The van der Waals surface area contributed by atoms with E-state index >= 15 is 4.79 Å². The number of hydrogen-bond donors (Lipinski definition) is 0. The predicted molar refractivity (Wildman–Crippen MR) is 203 cm³/mol. The number of carbonyl (C=O) groups excluding carboxylic acids is 1. The lowest BCUT2D eigenvalue weighted by Gasteiger charge is -2.37. The van der Waals surface area contributed by atoms with Crippen molar-refractivity contribution in [2.24, 2.45) is 0 Å². The Morgan fingerprint density at radius 3 is 1.58 bits per heavy atom. The topological polar surface area (TPSA) is 34.9 Å². The van der Waals surface area contributed by atoms with Gasteiger partial charge in [-0.25, -0.2) is 4.98 Å². The van der Waals surface area contributed by atoms with Crippen LogP contribution in [0.4, 0.5) is 0 Å². The molecular weight excluding hydrogens is 609 g/mol. The van der Waals surface area contributed by atoms with E-state index in [1.54, 1.807) is 0 Å². The molecule has 0 bridgehead atoms. The molecule has 0 amide bonds.